The Labute approximate surface area is 133 Å². The largest absolute Gasteiger partial charge is 0.496 e. The van der Waals surface area contributed by atoms with Crippen molar-refractivity contribution in [2.75, 3.05) is 20.3 Å². The normalized spacial score (nSPS) is 21.2. The molecule has 0 saturated carbocycles. The molecule has 120 valence electrons. The number of hydrogen-bond donors (Lipinski definition) is 2. The van der Waals surface area contributed by atoms with E-state index in [0.717, 1.165) is 0 Å². The zero-order chi connectivity index (χ0) is 16.2. The number of carbonyl (C=O) groups excluding carboxylic acids is 2. The van der Waals surface area contributed by atoms with Crippen molar-refractivity contribution in [3.8, 4) is 5.75 Å². The number of rotatable bonds is 5. The minimum atomic E-state index is -1.14. The van der Waals surface area contributed by atoms with Gasteiger partial charge in [-0.1, -0.05) is 11.6 Å². The van der Waals surface area contributed by atoms with Crippen molar-refractivity contribution < 1.29 is 19.1 Å². The molecular formula is C15H19ClN2O4. The van der Waals surface area contributed by atoms with Crippen LogP contribution >= 0.6 is 11.6 Å². The minimum Gasteiger partial charge on any atom is -0.496 e. The topological polar surface area (TPSA) is 90.6 Å². The van der Waals surface area contributed by atoms with Crippen LogP contribution in [-0.4, -0.2) is 37.7 Å². The fraction of sp³-hybridized carbons (Fsp3) is 0.467. The summed E-state index contributed by atoms with van der Waals surface area (Å²) >= 11 is 5.95. The van der Waals surface area contributed by atoms with Gasteiger partial charge in [-0.25, -0.2) is 0 Å². The monoisotopic (exact) mass is 326 g/mol. The van der Waals surface area contributed by atoms with Crippen molar-refractivity contribution in [1.82, 2.24) is 5.32 Å². The highest BCUT2D eigenvalue weighted by Crippen LogP contribution is 2.24. The van der Waals surface area contributed by atoms with Crippen LogP contribution in [0.15, 0.2) is 18.2 Å². The Morgan fingerprint density at radius 3 is 2.86 bits per heavy atom. The molecular weight excluding hydrogens is 308 g/mol. The highest BCUT2D eigenvalue weighted by Gasteiger charge is 2.40. The quantitative estimate of drug-likeness (QED) is 0.846. The number of methoxy groups -OCH3 is 1. The molecule has 0 aromatic heterocycles. The summed E-state index contributed by atoms with van der Waals surface area (Å²) in [5, 5.41) is 3.22. The predicted octanol–water partition coefficient (Wildman–Crippen LogP) is 1.04. The highest BCUT2D eigenvalue weighted by molar-refractivity contribution is 6.30. The lowest BCUT2D eigenvalue weighted by Crippen LogP contribution is -2.62. The number of benzene rings is 1. The summed E-state index contributed by atoms with van der Waals surface area (Å²) in [6.07, 6.45) is 1.18. The number of primary amides is 1. The Morgan fingerprint density at radius 2 is 2.27 bits per heavy atom. The third kappa shape index (κ3) is 3.69. The Morgan fingerprint density at radius 1 is 1.50 bits per heavy atom. The summed E-state index contributed by atoms with van der Waals surface area (Å²) in [7, 11) is 1.52. The number of ether oxygens (including phenoxy) is 2. The van der Waals surface area contributed by atoms with Crippen LogP contribution in [0.25, 0.3) is 0 Å². The number of halogens is 1. The number of nitrogens with two attached hydrogens (primary N) is 1. The molecule has 0 radical (unpaired) electrons. The molecule has 7 heteroatoms. The lowest BCUT2D eigenvalue weighted by atomic mass is 9.91. The van der Waals surface area contributed by atoms with Crippen molar-refractivity contribution in [1.29, 1.82) is 0 Å². The minimum absolute atomic E-state index is 0.0404. The lowest BCUT2D eigenvalue weighted by Gasteiger charge is -2.34. The number of hydrogen-bond acceptors (Lipinski definition) is 4. The van der Waals surface area contributed by atoms with Crippen LogP contribution < -0.4 is 15.8 Å². The lowest BCUT2D eigenvalue weighted by molar-refractivity contribution is -0.136. The van der Waals surface area contributed by atoms with Crippen LogP contribution in [-0.2, 0) is 20.7 Å². The van der Waals surface area contributed by atoms with E-state index in [1.54, 1.807) is 18.2 Å². The van der Waals surface area contributed by atoms with Crippen molar-refractivity contribution in [2.45, 2.75) is 24.8 Å². The Bertz CT molecular complexity index is 571. The summed E-state index contributed by atoms with van der Waals surface area (Å²) in [4.78, 5) is 24.0. The second kappa shape index (κ2) is 6.98. The van der Waals surface area contributed by atoms with Crippen LogP contribution in [0.1, 0.15) is 18.4 Å². The highest BCUT2D eigenvalue weighted by atomic mass is 35.5. The first-order valence-electron chi connectivity index (χ1n) is 6.98. The van der Waals surface area contributed by atoms with E-state index >= 15 is 0 Å². The summed E-state index contributed by atoms with van der Waals surface area (Å²) in [5.74, 6) is -0.351. The van der Waals surface area contributed by atoms with Gasteiger partial charge in [0, 0.05) is 17.2 Å². The van der Waals surface area contributed by atoms with Crippen molar-refractivity contribution in [3.05, 3.63) is 28.8 Å². The zero-order valence-corrected chi connectivity index (χ0v) is 13.1. The molecule has 0 spiro atoms. The molecule has 1 aliphatic rings. The second-order valence-electron chi connectivity index (χ2n) is 5.28. The first-order valence-corrected chi connectivity index (χ1v) is 7.36. The van der Waals surface area contributed by atoms with E-state index in [9.17, 15) is 9.59 Å². The van der Waals surface area contributed by atoms with E-state index in [1.807, 2.05) is 0 Å². The molecule has 1 saturated heterocycles. The molecule has 1 atom stereocenters. The van der Waals surface area contributed by atoms with Gasteiger partial charge in [0.05, 0.1) is 20.1 Å². The number of amides is 2. The third-order valence-electron chi connectivity index (χ3n) is 3.68. The average molecular weight is 327 g/mol. The fourth-order valence-electron chi connectivity index (χ4n) is 2.52. The molecule has 1 aliphatic heterocycles. The average Bonchev–Trinajstić information content (AvgIpc) is 2.48. The van der Waals surface area contributed by atoms with E-state index in [2.05, 4.69) is 5.32 Å². The van der Waals surface area contributed by atoms with E-state index in [0.29, 0.717) is 35.8 Å². The SMILES string of the molecule is COc1ccc(Cl)cc1CC(=O)NC1(C(N)=O)CCCOC1. The molecule has 3 N–H and O–H groups in total. The standard InChI is InChI=1S/C15H19ClN2O4/c1-21-12-4-3-11(16)7-10(12)8-13(19)18-15(14(17)20)5-2-6-22-9-15/h3-4,7H,2,5-6,8-9H2,1H3,(H2,17,20)(H,18,19). The van der Waals surface area contributed by atoms with Crippen molar-refractivity contribution >= 4 is 23.4 Å². The van der Waals surface area contributed by atoms with Gasteiger partial charge in [-0.15, -0.1) is 0 Å². The van der Waals surface area contributed by atoms with Crippen LogP contribution in [0.2, 0.25) is 5.02 Å². The van der Waals surface area contributed by atoms with E-state index < -0.39 is 11.4 Å². The van der Waals surface area contributed by atoms with Gasteiger partial charge in [0.25, 0.3) is 0 Å². The summed E-state index contributed by atoms with van der Waals surface area (Å²) < 4.78 is 10.5. The van der Waals surface area contributed by atoms with Crippen molar-refractivity contribution in [2.24, 2.45) is 5.73 Å². The second-order valence-corrected chi connectivity index (χ2v) is 5.72. The van der Waals surface area contributed by atoms with Crippen LogP contribution in [0, 0.1) is 0 Å². The molecule has 2 rings (SSSR count). The molecule has 0 aliphatic carbocycles. The van der Waals surface area contributed by atoms with Crippen LogP contribution in [0.4, 0.5) is 0 Å². The molecule has 22 heavy (non-hydrogen) atoms. The summed E-state index contributed by atoms with van der Waals surface area (Å²) in [5.41, 5.74) is 4.95. The maximum atomic E-state index is 12.3. The molecule has 1 fully saturated rings. The maximum Gasteiger partial charge on any atom is 0.245 e. The predicted molar refractivity (Wildman–Crippen MR) is 81.8 cm³/mol. The van der Waals surface area contributed by atoms with E-state index in [-0.39, 0.29) is 18.9 Å². The Kier molecular flexibility index (Phi) is 5.26. The van der Waals surface area contributed by atoms with Crippen LogP contribution in [0.3, 0.4) is 0 Å². The van der Waals surface area contributed by atoms with Crippen molar-refractivity contribution in [3.63, 3.8) is 0 Å². The number of carbonyl (C=O) groups is 2. The van der Waals surface area contributed by atoms with Crippen LogP contribution in [0.5, 0.6) is 5.75 Å². The zero-order valence-electron chi connectivity index (χ0n) is 12.4. The molecule has 1 aromatic rings. The van der Waals surface area contributed by atoms with Gasteiger partial charge in [-0.3, -0.25) is 9.59 Å². The maximum absolute atomic E-state index is 12.3. The summed E-state index contributed by atoms with van der Waals surface area (Å²) in [6.45, 7) is 0.660. The Hall–Kier alpha value is -1.79. The third-order valence-corrected chi connectivity index (χ3v) is 3.92. The number of nitrogens with one attached hydrogen (secondary N) is 1. The molecule has 2 amide bonds. The summed E-state index contributed by atoms with van der Waals surface area (Å²) in [6, 6.07) is 5.04. The van der Waals surface area contributed by atoms with Gasteiger partial charge in [-0.05, 0) is 31.0 Å². The van der Waals surface area contributed by atoms with Gasteiger partial charge in [0.2, 0.25) is 11.8 Å². The fourth-order valence-corrected chi connectivity index (χ4v) is 2.71. The van der Waals surface area contributed by atoms with E-state index in [4.69, 9.17) is 26.8 Å². The molecule has 1 unspecified atom stereocenters. The first-order chi connectivity index (χ1) is 10.5. The van der Waals surface area contributed by atoms with Gasteiger partial charge >= 0.3 is 0 Å². The molecule has 1 heterocycles. The van der Waals surface area contributed by atoms with Gasteiger partial charge in [-0.2, -0.15) is 0 Å². The molecule has 1 aromatic carbocycles. The molecule has 6 nitrogen and oxygen atoms in total. The first kappa shape index (κ1) is 16.6. The van der Waals surface area contributed by atoms with E-state index in [1.165, 1.54) is 7.11 Å². The molecule has 0 bridgehead atoms. The van der Waals surface area contributed by atoms with Gasteiger partial charge < -0.3 is 20.5 Å². The van der Waals surface area contributed by atoms with Gasteiger partial charge in [0.1, 0.15) is 11.3 Å². The smallest absolute Gasteiger partial charge is 0.245 e. The Balaban J connectivity index is 2.12. The van der Waals surface area contributed by atoms with Gasteiger partial charge in [0.15, 0.2) is 0 Å².